The molecule has 2 rings (SSSR count). The number of aromatic nitrogens is 2. The summed E-state index contributed by atoms with van der Waals surface area (Å²) in [5.74, 6) is -1.44. The van der Waals surface area contributed by atoms with Gasteiger partial charge in [0.2, 0.25) is 5.82 Å². The summed E-state index contributed by atoms with van der Waals surface area (Å²) in [6.07, 6.45) is -6.28. The molecule has 1 aromatic heterocycles. The number of H-pyrrole nitrogens is 1. The van der Waals surface area contributed by atoms with Gasteiger partial charge in [-0.15, -0.1) is 4.86 Å². The minimum absolute atomic E-state index is 0.372. The fourth-order valence-corrected chi connectivity index (χ4v) is 5.97. The highest BCUT2D eigenvalue weighted by molar-refractivity contribution is 7.70. The highest BCUT2D eigenvalue weighted by atomic mass is 31.3. The van der Waals surface area contributed by atoms with E-state index in [1.165, 1.54) is 6.92 Å². The number of nitrogens with zero attached hydrogens (tertiary/aromatic N) is 1. The van der Waals surface area contributed by atoms with Crippen LogP contribution in [-0.2, 0) is 27.3 Å². The standard InChI is InChI=1S/C9H15FN3O13P3/c1-3-5(14)6(8(24-3)13-2-4(10)7(15)11-9(13)16)25-27(17,18)12-28(19,20)26-29(21,22)23/h2-3,5-6,8,14H,1H3,(H,11,15,16)(H2,21,22,23)(H3,12,17,18,19,20)/t3-,5-,6-,8-/m1/s1. The fourth-order valence-electron chi connectivity index (χ4n) is 2.31. The number of aliphatic hydroxyl groups excluding tert-OH is 1. The van der Waals surface area contributed by atoms with Crippen molar-refractivity contribution in [2.24, 2.45) is 0 Å². The van der Waals surface area contributed by atoms with Crippen LogP contribution in [0.4, 0.5) is 4.39 Å². The summed E-state index contributed by atoms with van der Waals surface area (Å²) in [5.41, 5.74) is -2.62. The van der Waals surface area contributed by atoms with Crippen molar-refractivity contribution in [1.82, 2.24) is 14.4 Å². The van der Waals surface area contributed by atoms with Gasteiger partial charge in [-0.3, -0.25) is 18.9 Å². The smallest absolute Gasteiger partial charge is 0.387 e. The van der Waals surface area contributed by atoms with Gasteiger partial charge in [0.05, 0.1) is 12.3 Å². The van der Waals surface area contributed by atoms with Gasteiger partial charge in [-0.25, -0.2) is 18.5 Å². The molecule has 7 N–H and O–H groups in total. The molecule has 1 saturated heterocycles. The van der Waals surface area contributed by atoms with Crippen molar-refractivity contribution in [3.63, 3.8) is 0 Å². The van der Waals surface area contributed by atoms with Gasteiger partial charge in [0.1, 0.15) is 12.2 Å². The van der Waals surface area contributed by atoms with Crippen LogP contribution in [0.5, 0.6) is 0 Å². The number of phosphoric acid groups is 1. The van der Waals surface area contributed by atoms with Gasteiger partial charge in [-0.05, 0) is 6.92 Å². The van der Waals surface area contributed by atoms with Crippen molar-refractivity contribution in [1.29, 1.82) is 0 Å². The zero-order valence-electron chi connectivity index (χ0n) is 14.1. The van der Waals surface area contributed by atoms with Crippen LogP contribution < -0.4 is 16.1 Å². The minimum Gasteiger partial charge on any atom is -0.387 e. The Morgan fingerprint density at radius 1 is 1.21 bits per heavy atom. The largest absolute Gasteiger partial charge is 0.477 e. The number of ether oxygens (including phenoxy) is 1. The van der Waals surface area contributed by atoms with E-state index in [0.717, 1.165) is 4.86 Å². The molecule has 1 aliphatic rings. The van der Waals surface area contributed by atoms with E-state index in [-0.39, 0.29) is 0 Å². The average molecular weight is 485 g/mol. The van der Waals surface area contributed by atoms with Gasteiger partial charge in [-0.1, -0.05) is 0 Å². The maximum atomic E-state index is 13.5. The van der Waals surface area contributed by atoms with Crippen LogP contribution >= 0.6 is 23.3 Å². The number of aromatic amines is 1. The van der Waals surface area contributed by atoms with Gasteiger partial charge in [0, 0.05) is 0 Å². The lowest BCUT2D eigenvalue weighted by atomic mass is 10.1. The Morgan fingerprint density at radius 2 is 1.79 bits per heavy atom. The first-order chi connectivity index (χ1) is 13.0. The van der Waals surface area contributed by atoms with E-state index in [1.54, 1.807) is 4.98 Å². The quantitative estimate of drug-likeness (QED) is 0.212. The van der Waals surface area contributed by atoms with Crippen molar-refractivity contribution in [3.05, 3.63) is 32.9 Å². The van der Waals surface area contributed by atoms with E-state index >= 15 is 0 Å². The zero-order valence-corrected chi connectivity index (χ0v) is 16.7. The molecule has 0 saturated carbocycles. The number of hydrogen-bond donors (Lipinski definition) is 7. The third-order valence-electron chi connectivity index (χ3n) is 3.39. The van der Waals surface area contributed by atoms with E-state index in [0.29, 0.717) is 10.8 Å². The summed E-state index contributed by atoms with van der Waals surface area (Å²) in [5, 5.41) is 10.1. The second kappa shape index (κ2) is 8.23. The first kappa shape index (κ1) is 24.2. The number of rotatable bonds is 7. The summed E-state index contributed by atoms with van der Waals surface area (Å²) >= 11 is 0. The second-order valence-electron chi connectivity index (χ2n) is 5.65. The van der Waals surface area contributed by atoms with Crippen LogP contribution in [0.15, 0.2) is 15.8 Å². The first-order valence-corrected chi connectivity index (χ1v) is 11.9. The molecule has 16 nitrogen and oxygen atoms in total. The van der Waals surface area contributed by atoms with Crippen molar-refractivity contribution >= 4 is 23.3 Å². The molecule has 20 heteroatoms. The lowest BCUT2D eigenvalue weighted by Gasteiger charge is -2.25. The lowest BCUT2D eigenvalue weighted by Crippen LogP contribution is -2.40. The van der Waals surface area contributed by atoms with Gasteiger partial charge in [0.15, 0.2) is 6.23 Å². The van der Waals surface area contributed by atoms with Gasteiger partial charge < -0.3 is 29.4 Å². The molecule has 0 bridgehead atoms. The molecule has 1 aromatic rings. The maximum Gasteiger partial charge on any atom is 0.477 e. The molecule has 0 aliphatic carbocycles. The normalized spacial score (nSPS) is 29.3. The summed E-state index contributed by atoms with van der Waals surface area (Å²) < 4.78 is 61.4. The number of halogens is 1. The Hall–Kier alpha value is -1.06. The van der Waals surface area contributed by atoms with Crippen LogP contribution in [0.3, 0.4) is 0 Å². The Bertz CT molecular complexity index is 1030. The molecule has 29 heavy (non-hydrogen) atoms. The van der Waals surface area contributed by atoms with Crippen LogP contribution in [0, 0.1) is 5.82 Å². The highest BCUT2D eigenvalue weighted by Gasteiger charge is 2.49. The van der Waals surface area contributed by atoms with Crippen LogP contribution in [0.2, 0.25) is 0 Å². The fraction of sp³-hybridized carbons (Fsp3) is 0.556. The Morgan fingerprint density at radius 3 is 2.34 bits per heavy atom. The number of hydrogen-bond acceptors (Lipinski definition) is 9. The third-order valence-corrected chi connectivity index (χ3v) is 7.67. The topological polar surface area (TPSA) is 247 Å². The Labute approximate surface area is 159 Å². The van der Waals surface area contributed by atoms with Gasteiger partial charge in [0.25, 0.3) is 5.56 Å². The second-order valence-corrected chi connectivity index (χ2v) is 10.4. The molecule has 2 heterocycles. The first-order valence-electron chi connectivity index (χ1n) is 7.26. The Kier molecular flexibility index (Phi) is 6.87. The number of nitrogens with one attached hydrogen (secondary N) is 2. The van der Waals surface area contributed by atoms with E-state index in [1.807, 2.05) is 0 Å². The minimum atomic E-state index is -5.59. The molecular formula is C9H15FN3O13P3. The molecule has 6 atom stereocenters. The Balaban J connectivity index is 2.33. The van der Waals surface area contributed by atoms with E-state index in [4.69, 9.17) is 14.5 Å². The summed E-state index contributed by atoms with van der Waals surface area (Å²) in [6.45, 7) is 1.23. The van der Waals surface area contributed by atoms with Gasteiger partial charge >= 0.3 is 29.0 Å². The van der Waals surface area contributed by atoms with E-state index < -0.39 is 64.9 Å². The predicted molar refractivity (Wildman–Crippen MR) is 87.7 cm³/mol. The van der Waals surface area contributed by atoms with Crippen LogP contribution in [-0.4, -0.2) is 52.5 Å². The summed E-state index contributed by atoms with van der Waals surface area (Å²) in [6, 6.07) is 0. The van der Waals surface area contributed by atoms with Crippen LogP contribution in [0.25, 0.3) is 0 Å². The lowest BCUT2D eigenvalue weighted by molar-refractivity contribution is -0.0309. The van der Waals surface area contributed by atoms with Gasteiger partial charge in [-0.2, -0.15) is 8.70 Å². The van der Waals surface area contributed by atoms with Crippen molar-refractivity contribution in [2.75, 3.05) is 0 Å². The molecule has 0 radical (unpaired) electrons. The highest BCUT2D eigenvalue weighted by Crippen LogP contribution is 2.60. The molecular weight excluding hydrogens is 470 g/mol. The van der Waals surface area contributed by atoms with Crippen molar-refractivity contribution in [3.8, 4) is 0 Å². The van der Waals surface area contributed by atoms with Crippen LogP contribution in [0.1, 0.15) is 13.2 Å². The van der Waals surface area contributed by atoms with Crippen molar-refractivity contribution < 1.29 is 56.3 Å². The summed E-state index contributed by atoms with van der Waals surface area (Å²) in [4.78, 5) is 61.5. The SMILES string of the molecule is C[C@H]1O[C@@H](n2cc(F)c(=O)[nH]c2=O)[C@H](OP(=O)(O)NP(=O)(O)OP(=O)(O)O)[C@@H]1O. The molecule has 0 amide bonds. The predicted octanol–water partition coefficient (Wildman–Crippen LogP) is -1.76. The molecule has 166 valence electrons. The van der Waals surface area contributed by atoms with E-state index in [9.17, 15) is 42.6 Å². The summed E-state index contributed by atoms with van der Waals surface area (Å²) in [7, 11) is -16.6. The third kappa shape index (κ3) is 6.21. The average Bonchev–Trinajstić information content (AvgIpc) is 2.75. The molecule has 0 spiro atoms. The molecule has 1 aliphatic heterocycles. The van der Waals surface area contributed by atoms with E-state index in [2.05, 4.69) is 8.83 Å². The molecule has 2 unspecified atom stereocenters. The monoisotopic (exact) mass is 485 g/mol. The molecule has 1 fully saturated rings. The number of aliphatic hydroxyl groups is 1. The van der Waals surface area contributed by atoms with Crippen molar-refractivity contribution in [2.45, 2.75) is 31.5 Å². The maximum absolute atomic E-state index is 13.5. The molecule has 0 aromatic carbocycles. The zero-order chi connectivity index (χ0) is 22.4.